The summed E-state index contributed by atoms with van der Waals surface area (Å²) < 4.78 is 103. The zero-order valence-electron chi connectivity index (χ0n) is 17.4. The maximum absolute atomic E-state index is 13.0. The van der Waals surface area contributed by atoms with Crippen molar-refractivity contribution in [1.29, 1.82) is 0 Å². The van der Waals surface area contributed by atoms with Gasteiger partial charge in [0.25, 0.3) is 9.84 Å². The van der Waals surface area contributed by atoms with Crippen molar-refractivity contribution in [3.63, 3.8) is 0 Å². The molecule has 180 valence electrons. The van der Waals surface area contributed by atoms with Gasteiger partial charge in [0.1, 0.15) is 0 Å². The zero-order chi connectivity index (χ0) is 25.4. The lowest BCUT2D eigenvalue weighted by atomic mass is 9.87. The first kappa shape index (κ1) is 26.2. The van der Waals surface area contributed by atoms with Crippen LogP contribution < -0.4 is 5.32 Å². The van der Waals surface area contributed by atoms with E-state index in [2.05, 4.69) is 0 Å². The smallest absolute Gasteiger partial charge is 0.355 e. The van der Waals surface area contributed by atoms with E-state index in [1.807, 2.05) is 26.1 Å². The predicted octanol–water partition coefficient (Wildman–Crippen LogP) is 5.98. The number of benzene rings is 2. The number of sulfone groups is 1. The summed E-state index contributed by atoms with van der Waals surface area (Å²) in [4.78, 5) is 9.60. The van der Waals surface area contributed by atoms with Crippen molar-refractivity contribution < 1.29 is 39.7 Å². The number of hydrogen-bond donors (Lipinski definition) is 1. The maximum atomic E-state index is 13.0. The normalized spacial score (nSPS) is 13.7. The van der Waals surface area contributed by atoms with Crippen molar-refractivity contribution in [1.82, 2.24) is 0 Å². The van der Waals surface area contributed by atoms with Crippen LogP contribution in [0.2, 0.25) is 0 Å². The van der Waals surface area contributed by atoms with Gasteiger partial charge in [-0.15, -0.1) is 0 Å². The predicted molar refractivity (Wildman–Crippen MR) is 107 cm³/mol. The first-order chi connectivity index (χ1) is 14.8. The van der Waals surface area contributed by atoms with E-state index in [9.17, 15) is 44.9 Å². The molecule has 0 atom stereocenters. The quantitative estimate of drug-likeness (QED) is 0.312. The van der Waals surface area contributed by atoms with Crippen LogP contribution in [-0.4, -0.2) is 13.3 Å². The van der Waals surface area contributed by atoms with Gasteiger partial charge in [0.05, 0.1) is 27.1 Å². The molecule has 33 heavy (non-hydrogen) atoms. The maximum Gasteiger partial charge on any atom is 0.416 e. The molecule has 0 radical (unpaired) electrons. The molecule has 0 aromatic heterocycles. The van der Waals surface area contributed by atoms with Gasteiger partial charge in [-0.25, -0.2) is 8.42 Å². The van der Waals surface area contributed by atoms with E-state index in [-0.39, 0.29) is 29.8 Å². The number of hydrogen-bond acceptors (Lipinski definition) is 5. The fourth-order valence-corrected chi connectivity index (χ4v) is 3.81. The average Bonchev–Trinajstić information content (AvgIpc) is 2.65. The Morgan fingerprint density at radius 3 is 1.70 bits per heavy atom. The summed E-state index contributed by atoms with van der Waals surface area (Å²) in [6, 6.07) is 5.55. The van der Waals surface area contributed by atoms with E-state index in [1.54, 1.807) is 0 Å². The van der Waals surface area contributed by atoms with Gasteiger partial charge in [-0.3, -0.25) is 10.1 Å². The molecule has 13 heteroatoms. The van der Waals surface area contributed by atoms with Gasteiger partial charge < -0.3 is 5.32 Å². The summed E-state index contributed by atoms with van der Waals surface area (Å²) in [6.45, 7) is 5.56. The van der Waals surface area contributed by atoms with E-state index in [0.717, 1.165) is 17.7 Å². The zero-order valence-corrected chi connectivity index (χ0v) is 18.2. The monoisotopic (exact) mass is 496 g/mol. The molecule has 0 saturated carbocycles. The van der Waals surface area contributed by atoms with Crippen LogP contribution in [0.15, 0.2) is 58.6 Å². The molecule has 0 amide bonds. The van der Waals surface area contributed by atoms with Gasteiger partial charge in [0, 0.05) is 5.69 Å². The summed E-state index contributed by atoms with van der Waals surface area (Å²) >= 11 is 0. The minimum Gasteiger partial charge on any atom is -0.355 e. The number of anilines is 1. The summed E-state index contributed by atoms with van der Waals surface area (Å²) in [7, 11) is -4.75. The standard InChI is InChI=1S/C20H18F6N2O4S/c1-18(2,3)12-4-6-16(7-5-12)33(31,32)17(28(29)30)11-27-15-9-13(19(21,22)23)8-14(10-15)20(24,25)26/h4-11,27H,1-3H3/b17-11+. The van der Waals surface area contributed by atoms with Crippen LogP contribution in [0.5, 0.6) is 0 Å². The summed E-state index contributed by atoms with van der Waals surface area (Å²) in [5.74, 6) is 0. The van der Waals surface area contributed by atoms with Gasteiger partial charge >= 0.3 is 17.4 Å². The van der Waals surface area contributed by atoms with Crippen molar-refractivity contribution in [2.24, 2.45) is 0 Å². The van der Waals surface area contributed by atoms with Crippen molar-refractivity contribution in [2.45, 2.75) is 43.4 Å². The summed E-state index contributed by atoms with van der Waals surface area (Å²) in [6.07, 6.45) is -10.1. The van der Waals surface area contributed by atoms with Crippen molar-refractivity contribution in [3.8, 4) is 0 Å². The van der Waals surface area contributed by atoms with Gasteiger partial charge in [0.15, 0.2) is 0 Å². The van der Waals surface area contributed by atoms with Crippen LogP contribution in [0.1, 0.15) is 37.5 Å². The largest absolute Gasteiger partial charge is 0.416 e. The van der Waals surface area contributed by atoms with Gasteiger partial charge in [-0.1, -0.05) is 32.9 Å². The molecule has 0 aliphatic carbocycles. The molecule has 1 N–H and O–H groups in total. The number of nitrogens with one attached hydrogen (secondary N) is 1. The Morgan fingerprint density at radius 2 is 1.33 bits per heavy atom. The molecule has 0 unspecified atom stereocenters. The number of nitrogens with zero attached hydrogens (tertiary/aromatic N) is 1. The lowest BCUT2D eigenvalue weighted by Crippen LogP contribution is -2.16. The van der Waals surface area contributed by atoms with E-state index < -0.39 is 53.9 Å². The van der Waals surface area contributed by atoms with Gasteiger partial charge in [-0.2, -0.15) is 26.3 Å². The Hall–Kier alpha value is -3.09. The molecule has 0 bridgehead atoms. The van der Waals surface area contributed by atoms with Crippen molar-refractivity contribution in [2.75, 3.05) is 5.32 Å². The first-order valence-electron chi connectivity index (χ1n) is 9.09. The van der Waals surface area contributed by atoms with E-state index in [0.29, 0.717) is 0 Å². The minimum absolute atomic E-state index is 0.128. The van der Waals surface area contributed by atoms with Crippen molar-refractivity contribution >= 4 is 15.5 Å². The van der Waals surface area contributed by atoms with Crippen LogP contribution in [0.4, 0.5) is 32.0 Å². The fraction of sp³-hybridized carbons (Fsp3) is 0.300. The fourth-order valence-electron chi connectivity index (χ4n) is 2.67. The van der Waals surface area contributed by atoms with Crippen LogP contribution in [0.3, 0.4) is 0 Å². The Morgan fingerprint density at radius 1 is 0.879 bits per heavy atom. The number of rotatable bonds is 5. The summed E-state index contributed by atoms with van der Waals surface area (Å²) in [5, 5.41) is 11.8. The first-order valence-corrected chi connectivity index (χ1v) is 10.6. The highest BCUT2D eigenvalue weighted by molar-refractivity contribution is 7.95. The number of nitro groups is 1. The molecule has 0 heterocycles. The second kappa shape index (κ2) is 8.69. The van der Waals surface area contributed by atoms with Gasteiger partial charge in [0.2, 0.25) is 0 Å². The molecular weight excluding hydrogens is 478 g/mol. The molecule has 0 aliphatic rings. The molecule has 0 spiro atoms. The SMILES string of the molecule is CC(C)(C)c1ccc(S(=O)(=O)/C(=C/Nc2cc(C(F)(F)F)cc(C(F)(F)F)c2)[N+](=O)[O-])cc1. The molecule has 6 nitrogen and oxygen atoms in total. The van der Waals surface area contributed by atoms with Crippen LogP contribution in [0.25, 0.3) is 0 Å². The lowest BCUT2D eigenvalue weighted by molar-refractivity contribution is -0.411. The van der Waals surface area contributed by atoms with Crippen LogP contribution in [-0.2, 0) is 27.6 Å². The molecular formula is C20H18F6N2O4S. The Bertz CT molecular complexity index is 1150. The lowest BCUT2D eigenvalue weighted by Gasteiger charge is -2.18. The molecule has 0 fully saturated rings. The second-order valence-electron chi connectivity index (χ2n) is 7.96. The number of halogens is 6. The molecule has 0 aliphatic heterocycles. The average molecular weight is 496 g/mol. The van der Waals surface area contributed by atoms with E-state index in [1.165, 1.54) is 12.1 Å². The third-order valence-electron chi connectivity index (χ3n) is 4.44. The van der Waals surface area contributed by atoms with Crippen LogP contribution >= 0.6 is 0 Å². The third-order valence-corrected chi connectivity index (χ3v) is 6.15. The molecule has 2 aromatic rings. The van der Waals surface area contributed by atoms with Crippen molar-refractivity contribution in [3.05, 3.63) is 80.5 Å². The Labute approximate surface area is 185 Å². The highest BCUT2D eigenvalue weighted by atomic mass is 32.2. The second-order valence-corrected chi connectivity index (χ2v) is 9.85. The van der Waals surface area contributed by atoms with Gasteiger partial charge in [-0.05, 0) is 41.3 Å². The molecule has 2 rings (SSSR count). The third kappa shape index (κ3) is 6.24. The molecule has 2 aromatic carbocycles. The van der Waals surface area contributed by atoms with E-state index in [4.69, 9.17) is 0 Å². The molecule has 0 saturated heterocycles. The van der Waals surface area contributed by atoms with Crippen LogP contribution in [0, 0.1) is 10.1 Å². The summed E-state index contributed by atoms with van der Waals surface area (Å²) in [5.41, 5.74) is -3.79. The topological polar surface area (TPSA) is 89.3 Å². The van der Waals surface area contributed by atoms with E-state index >= 15 is 0 Å². The Kier molecular flexibility index (Phi) is 6.89. The number of alkyl halides is 6. The highest BCUT2D eigenvalue weighted by Crippen LogP contribution is 2.37. The highest BCUT2D eigenvalue weighted by Gasteiger charge is 2.37. The Balaban J connectivity index is 2.52. The minimum atomic E-state index is -5.14.